The SMILES string of the molecule is O=C(Oc1ccc2c(c1)OCC(OC(=O)c1ccccc1)(c1ccccc1)[N+]2[O-])c1ccccc1. The van der Waals surface area contributed by atoms with Gasteiger partial charge in [-0.15, -0.1) is 5.06 Å². The average Bonchev–Trinajstić information content (AvgIpc) is 2.92. The number of hydroxylamine groups is 1. The number of fused-ring (bicyclic) bond motifs is 1. The van der Waals surface area contributed by atoms with E-state index in [1.807, 2.05) is 0 Å². The van der Waals surface area contributed by atoms with Gasteiger partial charge in [-0.1, -0.05) is 54.6 Å². The predicted octanol–water partition coefficient (Wildman–Crippen LogP) is 5.28. The van der Waals surface area contributed by atoms with Crippen LogP contribution in [0.1, 0.15) is 26.3 Å². The minimum Gasteiger partial charge on any atom is -0.572 e. The maximum Gasteiger partial charge on any atom is 0.356 e. The molecular weight excluding hydrogens is 446 g/mol. The molecule has 0 saturated heterocycles. The summed E-state index contributed by atoms with van der Waals surface area (Å²) in [5.74, 6) is -0.758. The van der Waals surface area contributed by atoms with Crippen LogP contribution in [0.4, 0.5) is 5.69 Å². The lowest BCUT2D eigenvalue weighted by Crippen LogP contribution is -2.54. The van der Waals surface area contributed by atoms with Crippen LogP contribution in [0.5, 0.6) is 11.5 Å². The van der Waals surface area contributed by atoms with Gasteiger partial charge in [-0.3, -0.25) is 0 Å². The summed E-state index contributed by atoms with van der Waals surface area (Å²) in [6, 6.07) is 30.2. The van der Waals surface area contributed by atoms with Crippen LogP contribution in [-0.4, -0.2) is 18.5 Å². The summed E-state index contributed by atoms with van der Waals surface area (Å²) in [5.41, 5.74) is -0.439. The Balaban J connectivity index is 1.46. The van der Waals surface area contributed by atoms with Crippen molar-refractivity contribution in [2.45, 2.75) is 5.72 Å². The number of hydrogen-bond acceptors (Lipinski definition) is 7. The van der Waals surface area contributed by atoms with Crippen LogP contribution in [0.15, 0.2) is 109 Å². The molecule has 0 aromatic heterocycles. The summed E-state index contributed by atoms with van der Waals surface area (Å²) in [6.45, 7) is -0.262. The fraction of sp³-hybridized carbons (Fsp3) is 0.0714. The Morgan fingerprint density at radius 3 is 1.97 bits per heavy atom. The van der Waals surface area contributed by atoms with Gasteiger partial charge in [-0.25, -0.2) is 9.59 Å². The van der Waals surface area contributed by atoms with E-state index in [4.69, 9.17) is 14.2 Å². The molecule has 4 aromatic carbocycles. The molecule has 0 fully saturated rings. The number of hydrogen-bond donors (Lipinski definition) is 0. The van der Waals surface area contributed by atoms with Gasteiger partial charge in [-0.2, -0.15) is 0 Å². The molecule has 7 nitrogen and oxygen atoms in total. The molecule has 4 aromatic rings. The second kappa shape index (κ2) is 9.42. The summed E-state index contributed by atoms with van der Waals surface area (Å²) in [5, 5.41) is 14.3. The van der Waals surface area contributed by atoms with Crippen molar-refractivity contribution >= 4 is 17.6 Å². The zero-order valence-electron chi connectivity index (χ0n) is 18.5. The van der Waals surface area contributed by atoms with Crippen LogP contribution in [0.25, 0.3) is 0 Å². The normalized spacial score (nSPS) is 17.1. The average molecular weight is 466 g/mol. The molecule has 0 saturated carbocycles. The van der Waals surface area contributed by atoms with Crippen molar-refractivity contribution in [1.82, 2.24) is 5.06 Å². The summed E-state index contributed by atoms with van der Waals surface area (Å²) in [4.78, 5) is 25.4. The Morgan fingerprint density at radius 1 is 0.771 bits per heavy atom. The third-order valence-electron chi connectivity index (χ3n) is 5.62. The number of rotatable bonds is 5. The second-order valence-corrected chi connectivity index (χ2v) is 7.87. The molecule has 1 atom stereocenters. The number of carbonyl (C=O) groups excluding carboxylic acids is 2. The molecule has 5 rings (SSSR count). The van der Waals surface area contributed by atoms with Gasteiger partial charge in [-0.05, 0) is 42.5 Å². The zero-order chi connectivity index (χ0) is 24.3. The molecule has 1 aliphatic rings. The fourth-order valence-corrected chi connectivity index (χ4v) is 3.83. The minimum absolute atomic E-state index is 0.139. The Morgan fingerprint density at radius 2 is 1.34 bits per heavy atom. The van der Waals surface area contributed by atoms with Crippen LogP contribution in [0.2, 0.25) is 0 Å². The second-order valence-electron chi connectivity index (χ2n) is 7.87. The fourth-order valence-electron chi connectivity index (χ4n) is 3.83. The van der Waals surface area contributed by atoms with E-state index in [2.05, 4.69) is 0 Å². The Hall–Kier alpha value is -4.46. The molecule has 1 radical (unpaired) electrons. The van der Waals surface area contributed by atoms with Gasteiger partial charge in [0.2, 0.25) is 5.69 Å². The lowest BCUT2D eigenvalue weighted by molar-refractivity contribution is -0.0878. The van der Waals surface area contributed by atoms with Gasteiger partial charge in [0.1, 0.15) is 5.75 Å². The maximum absolute atomic E-state index is 13.7. The Kier molecular flexibility index (Phi) is 6.01. The van der Waals surface area contributed by atoms with Gasteiger partial charge < -0.3 is 19.4 Å². The van der Waals surface area contributed by atoms with Crippen molar-refractivity contribution in [3.63, 3.8) is 0 Å². The van der Waals surface area contributed by atoms with Crippen molar-refractivity contribution in [2.75, 3.05) is 6.61 Å². The first kappa shape index (κ1) is 22.3. The van der Waals surface area contributed by atoms with E-state index in [9.17, 15) is 14.8 Å². The van der Waals surface area contributed by atoms with Crippen molar-refractivity contribution in [2.24, 2.45) is 0 Å². The van der Waals surface area contributed by atoms with E-state index in [0.29, 0.717) is 21.8 Å². The van der Waals surface area contributed by atoms with Crippen LogP contribution in [0.3, 0.4) is 0 Å². The molecule has 7 heteroatoms. The highest BCUT2D eigenvalue weighted by molar-refractivity contribution is 5.91. The standard InChI is InChI=1S/C28H20NO6/c30-26(20-10-4-1-5-11-20)34-23-16-17-24-25(18-23)33-19-28(29(24)32,22-14-8-3-9-15-22)35-27(31)21-12-6-2-7-13-21/h1-18H,19H2. The molecular formula is C28H20NO6. The van der Waals surface area contributed by atoms with Crippen LogP contribution in [-0.2, 0) is 10.5 Å². The third-order valence-corrected chi connectivity index (χ3v) is 5.62. The van der Waals surface area contributed by atoms with Crippen LogP contribution < -0.4 is 14.5 Å². The first-order valence-corrected chi connectivity index (χ1v) is 10.9. The number of benzene rings is 4. The van der Waals surface area contributed by atoms with E-state index < -0.39 is 17.7 Å². The molecule has 1 unspecified atom stereocenters. The maximum atomic E-state index is 13.7. The molecule has 1 aliphatic heterocycles. The highest BCUT2D eigenvalue weighted by Crippen LogP contribution is 2.44. The molecule has 0 aliphatic carbocycles. The molecule has 35 heavy (non-hydrogen) atoms. The summed E-state index contributed by atoms with van der Waals surface area (Å²) < 4.78 is 17.2. The van der Waals surface area contributed by atoms with Crippen molar-refractivity contribution in [3.05, 3.63) is 131 Å². The van der Waals surface area contributed by atoms with Gasteiger partial charge in [0, 0.05) is 12.1 Å². The van der Waals surface area contributed by atoms with E-state index >= 15 is 0 Å². The van der Waals surface area contributed by atoms with Gasteiger partial charge in [0.25, 0.3) is 0 Å². The Bertz CT molecular complexity index is 1340. The van der Waals surface area contributed by atoms with Gasteiger partial charge >= 0.3 is 17.7 Å². The Labute approximate surface area is 201 Å². The minimum atomic E-state index is -1.75. The number of esters is 2. The van der Waals surface area contributed by atoms with Crippen molar-refractivity contribution in [1.29, 1.82) is 0 Å². The van der Waals surface area contributed by atoms with Crippen LogP contribution >= 0.6 is 0 Å². The van der Waals surface area contributed by atoms with Crippen molar-refractivity contribution < 1.29 is 23.8 Å². The zero-order valence-corrected chi connectivity index (χ0v) is 18.5. The number of carbonyl (C=O) groups is 2. The lowest BCUT2D eigenvalue weighted by atomic mass is 10.00. The van der Waals surface area contributed by atoms with Crippen LogP contribution in [0, 0.1) is 5.21 Å². The molecule has 0 N–H and O–H groups in total. The number of nitrogens with zero attached hydrogens (tertiary/aromatic N) is 1. The van der Waals surface area contributed by atoms with E-state index in [0.717, 1.165) is 0 Å². The highest BCUT2D eigenvalue weighted by Gasteiger charge is 2.54. The first-order chi connectivity index (χ1) is 17.1. The van der Waals surface area contributed by atoms with Crippen molar-refractivity contribution in [3.8, 4) is 11.5 Å². The van der Waals surface area contributed by atoms with Gasteiger partial charge in [0.15, 0.2) is 12.4 Å². The smallest absolute Gasteiger partial charge is 0.356 e. The first-order valence-electron chi connectivity index (χ1n) is 10.9. The molecule has 1 heterocycles. The molecule has 0 bridgehead atoms. The number of anilines is 1. The van der Waals surface area contributed by atoms with E-state index in [1.54, 1.807) is 91.0 Å². The molecule has 0 spiro atoms. The molecule has 173 valence electrons. The predicted molar refractivity (Wildman–Crippen MR) is 128 cm³/mol. The summed E-state index contributed by atoms with van der Waals surface area (Å²) in [7, 11) is 0. The van der Waals surface area contributed by atoms with E-state index in [-0.39, 0.29) is 23.8 Å². The quantitative estimate of drug-likeness (QED) is 0.172. The summed E-state index contributed by atoms with van der Waals surface area (Å²) in [6.07, 6.45) is 0. The monoisotopic (exact) mass is 466 g/mol. The highest BCUT2D eigenvalue weighted by atomic mass is 16.7. The largest absolute Gasteiger partial charge is 0.572 e. The topological polar surface area (TPSA) is 90.8 Å². The summed E-state index contributed by atoms with van der Waals surface area (Å²) >= 11 is 0. The van der Waals surface area contributed by atoms with Gasteiger partial charge in [0.05, 0.1) is 16.7 Å². The molecule has 0 amide bonds. The van der Waals surface area contributed by atoms with E-state index in [1.165, 1.54) is 18.2 Å². The third kappa shape index (κ3) is 4.38. The lowest BCUT2D eigenvalue weighted by Gasteiger charge is -2.39. The number of ether oxygens (including phenoxy) is 3.